The second kappa shape index (κ2) is 3.75. The fourth-order valence-corrected chi connectivity index (χ4v) is 1.90. The molecule has 5 heteroatoms. The SMILES string of the molecule is CC(=O)c1[nH]c(=O)c2cc(Br)ccc2c1O. The topological polar surface area (TPSA) is 70.2 Å². The van der Waals surface area contributed by atoms with Gasteiger partial charge >= 0.3 is 0 Å². The predicted octanol–water partition coefficient (Wildman–Crippen LogP) is 2.20. The van der Waals surface area contributed by atoms with Crippen LogP contribution in [0.15, 0.2) is 27.5 Å². The molecule has 0 saturated carbocycles. The molecule has 2 aromatic rings. The minimum atomic E-state index is -0.390. The first-order chi connectivity index (χ1) is 7.50. The Morgan fingerprint density at radius 1 is 1.38 bits per heavy atom. The summed E-state index contributed by atoms with van der Waals surface area (Å²) in [5.41, 5.74) is -0.445. The van der Waals surface area contributed by atoms with Crippen LogP contribution < -0.4 is 5.56 Å². The maximum absolute atomic E-state index is 11.7. The Labute approximate surface area is 99.0 Å². The van der Waals surface area contributed by atoms with Crippen molar-refractivity contribution >= 4 is 32.5 Å². The molecule has 4 nitrogen and oxygen atoms in total. The first-order valence-electron chi connectivity index (χ1n) is 4.56. The van der Waals surface area contributed by atoms with Crippen LogP contribution in [0.2, 0.25) is 0 Å². The highest BCUT2D eigenvalue weighted by Gasteiger charge is 2.13. The summed E-state index contributed by atoms with van der Waals surface area (Å²) in [5, 5.41) is 10.5. The van der Waals surface area contributed by atoms with E-state index in [4.69, 9.17) is 0 Å². The second-order valence-electron chi connectivity index (χ2n) is 3.42. The van der Waals surface area contributed by atoms with Crippen LogP contribution in [0.4, 0.5) is 0 Å². The number of fused-ring (bicyclic) bond motifs is 1. The molecule has 16 heavy (non-hydrogen) atoms. The molecule has 0 aliphatic rings. The quantitative estimate of drug-likeness (QED) is 0.788. The van der Waals surface area contributed by atoms with Gasteiger partial charge in [-0.15, -0.1) is 0 Å². The molecule has 0 atom stereocenters. The zero-order chi connectivity index (χ0) is 11.9. The normalized spacial score (nSPS) is 10.6. The third-order valence-electron chi connectivity index (χ3n) is 2.31. The van der Waals surface area contributed by atoms with Crippen LogP contribution >= 0.6 is 15.9 Å². The van der Waals surface area contributed by atoms with Gasteiger partial charge in [0.25, 0.3) is 5.56 Å². The Kier molecular flexibility index (Phi) is 2.55. The highest BCUT2D eigenvalue weighted by molar-refractivity contribution is 9.10. The van der Waals surface area contributed by atoms with Crippen molar-refractivity contribution in [3.8, 4) is 5.75 Å². The second-order valence-corrected chi connectivity index (χ2v) is 4.34. The molecule has 0 amide bonds. The number of aromatic amines is 1. The van der Waals surface area contributed by atoms with Gasteiger partial charge in [0, 0.05) is 16.8 Å². The molecule has 0 spiro atoms. The maximum Gasteiger partial charge on any atom is 0.256 e. The van der Waals surface area contributed by atoms with Crippen LogP contribution in [0.3, 0.4) is 0 Å². The molecule has 0 radical (unpaired) electrons. The number of H-pyrrole nitrogens is 1. The molecule has 0 fully saturated rings. The van der Waals surface area contributed by atoms with Gasteiger partial charge in [0.1, 0.15) is 5.69 Å². The smallest absolute Gasteiger partial charge is 0.256 e. The lowest BCUT2D eigenvalue weighted by Crippen LogP contribution is -2.12. The Bertz CT molecular complexity index is 645. The molecular formula is C11H8BrNO3. The van der Waals surface area contributed by atoms with Crippen LogP contribution in [0.25, 0.3) is 10.8 Å². The van der Waals surface area contributed by atoms with Crippen molar-refractivity contribution in [2.24, 2.45) is 0 Å². The molecule has 0 aliphatic carbocycles. The molecule has 0 aliphatic heterocycles. The van der Waals surface area contributed by atoms with E-state index in [1.165, 1.54) is 6.92 Å². The third kappa shape index (κ3) is 1.63. The van der Waals surface area contributed by atoms with Crippen molar-refractivity contribution < 1.29 is 9.90 Å². The molecule has 1 heterocycles. The van der Waals surface area contributed by atoms with E-state index >= 15 is 0 Å². The maximum atomic E-state index is 11.7. The summed E-state index contributed by atoms with van der Waals surface area (Å²) in [4.78, 5) is 25.2. The number of rotatable bonds is 1. The van der Waals surface area contributed by atoms with E-state index < -0.39 is 0 Å². The number of aromatic hydroxyl groups is 1. The van der Waals surface area contributed by atoms with Gasteiger partial charge in [-0.05, 0) is 18.2 Å². The van der Waals surface area contributed by atoms with E-state index in [-0.39, 0.29) is 22.8 Å². The third-order valence-corrected chi connectivity index (χ3v) is 2.80. The molecule has 82 valence electrons. The summed E-state index contributed by atoms with van der Waals surface area (Å²) >= 11 is 3.24. The van der Waals surface area contributed by atoms with E-state index in [0.29, 0.717) is 10.8 Å². The molecule has 2 rings (SSSR count). The summed E-state index contributed by atoms with van der Waals surface area (Å²) < 4.78 is 0.737. The van der Waals surface area contributed by atoms with E-state index in [1.807, 2.05) is 0 Å². The summed E-state index contributed by atoms with van der Waals surface area (Å²) in [5.74, 6) is -0.561. The van der Waals surface area contributed by atoms with Crippen molar-refractivity contribution in [3.05, 3.63) is 38.7 Å². The number of benzene rings is 1. The molecular weight excluding hydrogens is 274 g/mol. The average Bonchev–Trinajstić information content (AvgIpc) is 2.22. The van der Waals surface area contributed by atoms with Crippen LogP contribution in [0, 0.1) is 0 Å². The predicted molar refractivity (Wildman–Crippen MR) is 63.9 cm³/mol. The van der Waals surface area contributed by atoms with Crippen LogP contribution in [-0.2, 0) is 0 Å². The van der Waals surface area contributed by atoms with E-state index in [1.54, 1.807) is 18.2 Å². The minimum absolute atomic E-state index is 0.0557. The monoisotopic (exact) mass is 281 g/mol. The van der Waals surface area contributed by atoms with E-state index in [2.05, 4.69) is 20.9 Å². The number of nitrogens with one attached hydrogen (secondary N) is 1. The van der Waals surface area contributed by atoms with Crippen LogP contribution in [-0.4, -0.2) is 15.9 Å². The number of hydrogen-bond donors (Lipinski definition) is 2. The van der Waals surface area contributed by atoms with Gasteiger partial charge in [-0.25, -0.2) is 0 Å². The fraction of sp³-hybridized carbons (Fsp3) is 0.0909. The van der Waals surface area contributed by atoms with Gasteiger partial charge < -0.3 is 10.1 Å². The van der Waals surface area contributed by atoms with Crippen molar-refractivity contribution in [2.45, 2.75) is 6.92 Å². The zero-order valence-corrected chi connectivity index (χ0v) is 9.96. The largest absolute Gasteiger partial charge is 0.505 e. The molecule has 1 aromatic heterocycles. The lowest BCUT2D eigenvalue weighted by Gasteiger charge is -2.05. The van der Waals surface area contributed by atoms with Crippen molar-refractivity contribution in [3.63, 3.8) is 0 Å². The average molecular weight is 282 g/mol. The number of carbonyl (C=O) groups excluding carboxylic acids is 1. The summed E-state index contributed by atoms with van der Waals surface area (Å²) in [6.07, 6.45) is 0. The van der Waals surface area contributed by atoms with E-state index in [9.17, 15) is 14.7 Å². The Morgan fingerprint density at radius 2 is 2.06 bits per heavy atom. The van der Waals surface area contributed by atoms with Gasteiger partial charge in [-0.1, -0.05) is 15.9 Å². The van der Waals surface area contributed by atoms with Crippen molar-refractivity contribution in [1.29, 1.82) is 0 Å². The first kappa shape index (κ1) is 10.9. The number of pyridine rings is 1. The summed E-state index contributed by atoms with van der Waals surface area (Å²) in [6.45, 7) is 1.29. The van der Waals surface area contributed by atoms with Gasteiger partial charge in [-0.2, -0.15) is 0 Å². The molecule has 1 aromatic carbocycles. The highest BCUT2D eigenvalue weighted by Crippen LogP contribution is 2.27. The summed E-state index contributed by atoms with van der Waals surface area (Å²) in [7, 11) is 0. The van der Waals surface area contributed by atoms with Gasteiger partial charge in [0.05, 0.1) is 5.39 Å². The lowest BCUT2D eigenvalue weighted by molar-refractivity contribution is 0.101. The van der Waals surface area contributed by atoms with E-state index in [0.717, 1.165) is 4.47 Å². The lowest BCUT2D eigenvalue weighted by atomic mass is 10.1. The standard InChI is InChI=1S/C11H8BrNO3/c1-5(14)9-10(15)7-3-2-6(12)4-8(7)11(16)13-9/h2-4,15H,1H3,(H,13,16). The van der Waals surface area contributed by atoms with Gasteiger partial charge in [0.15, 0.2) is 11.5 Å². The number of ketones is 1. The number of hydrogen-bond acceptors (Lipinski definition) is 3. The number of halogens is 1. The molecule has 0 bridgehead atoms. The molecule has 2 N–H and O–H groups in total. The van der Waals surface area contributed by atoms with Crippen molar-refractivity contribution in [1.82, 2.24) is 4.98 Å². The van der Waals surface area contributed by atoms with Gasteiger partial charge in [-0.3, -0.25) is 9.59 Å². The Hall–Kier alpha value is -1.62. The number of aromatic nitrogens is 1. The van der Waals surface area contributed by atoms with Crippen LogP contribution in [0.1, 0.15) is 17.4 Å². The fourth-order valence-electron chi connectivity index (χ4n) is 1.54. The van der Waals surface area contributed by atoms with Crippen molar-refractivity contribution in [2.75, 3.05) is 0 Å². The first-order valence-corrected chi connectivity index (χ1v) is 5.35. The van der Waals surface area contributed by atoms with Gasteiger partial charge in [0.2, 0.25) is 0 Å². The van der Waals surface area contributed by atoms with Crippen LogP contribution in [0.5, 0.6) is 5.75 Å². The highest BCUT2D eigenvalue weighted by atomic mass is 79.9. The Balaban J connectivity index is 2.96. The zero-order valence-electron chi connectivity index (χ0n) is 8.37. The number of Topliss-reactive ketones (excluding diaryl/α,β-unsaturated/α-hetero) is 1. The Morgan fingerprint density at radius 3 is 2.69 bits per heavy atom. The number of carbonyl (C=O) groups is 1. The summed E-state index contributed by atoms with van der Waals surface area (Å²) in [6, 6.07) is 4.89. The minimum Gasteiger partial charge on any atom is -0.505 e. The molecule has 0 saturated heterocycles. The molecule has 0 unspecified atom stereocenters.